The molecule has 0 radical (unpaired) electrons. The molecule has 4 heterocycles. The fourth-order valence-electron chi connectivity index (χ4n) is 4.73. The molecule has 0 spiro atoms. The Hall–Kier alpha value is -3.34. The number of likely N-dealkylation sites (tertiary alicyclic amines) is 1. The zero-order chi connectivity index (χ0) is 25.4. The highest BCUT2D eigenvalue weighted by Gasteiger charge is 2.26. The summed E-state index contributed by atoms with van der Waals surface area (Å²) >= 11 is 6.53. The minimum absolute atomic E-state index is 0.242. The van der Waals surface area contributed by atoms with E-state index in [1.165, 1.54) is 12.8 Å². The van der Waals surface area contributed by atoms with E-state index in [-0.39, 0.29) is 12.3 Å². The lowest BCUT2D eigenvalue weighted by molar-refractivity contribution is -0.117. The predicted octanol–water partition coefficient (Wildman–Crippen LogP) is 3.40. The Labute approximate surface area is 219 Å². The third-order valence-electron chi connectivity index (χ3n) is 6.83. The lowest BCUT2D eigenvalue weighted by Gasteiger charge is -2.16. The van der Waals surface area contributed by atoms with Gasteiger partial charge in [-0.1, -0.05) is 11.6 Å². The molecule has 6 rings (SSSR count). The summed E-state index contributed by atoms with van der Waals surface area (Å²) in [5.74, 6) is 1.80. The second-order valence-corrected chi connectivity index (χ2v) is 10.2. The molecule has 0 bridgehead atoms. The molecule has 37 heavy (non-hydrogen) atoms. The molecule has 3 fully saturated rings. The number of carbonyl (C=O) groups is 1. The van der Waals surface area contributed by atoms with Gasteiger partial charge >= 0.3 is 0 Å². The van der Waals surface area contributed by atoms with E-state index in [0.29, 0.717) is 46.0 Å². The van der Waals surface area contributed by atoms with E-state index in [4.69, 9.17) is 21.3 Å². The Kier molecular flexibility index (Phi) is 6.62. The molecule has 2 aliphatic heterocycles. The van der Waals surface area contributed by atoms with Crippen molar-refractivity contribution in [3.8, 4) is 5.75 Å². The number of hydrogen-bond acceptors (Lipinski definition) is 8. The van der Waals surface area contributed by atoms with Gasteiger partial charge in [-0.2, -0.15) is 9.61 Å². The van der Waals surface area contributed by atoms with Crippen molar-refractivity contribution in [3.05, 3.63) is 46.6 Å². The third-order valence-corrected chi connectivity index (χ3v) is 7.12. The number of carbonyl (C=O) groups excluding carboxylic acids is 1. The summed E-state index contributed by atoms with van der Waals surface area (Å²) in [6, 6.07) is 7.94. The van der Waals surface area contributed by atoms with Crippen molar-refractivity contribution in [3.63, 3.8) is 0 Å². The molecule has 10 nitrogen and oxygen atoms in total. The number of amides is 1. The highest BCUT2D eigenvalue weighted by molar-refractivity contribution is 6.32. The van der Waals surface area contributed by atoms with Crippen molar-refractivity contribution in [1.29, 1.82) is 0 Å². The van der Waals surface area contributed by atoms with Gasteiger partial charge in [-0.15, -0.1) is 0 Å². The number of nitrogens with zero attached hydrogens (tertiary/aromatic N) is 4. The van der Waals surface area contributed by atoms with Crippen LogP contribution in [-0.4, -0.2) is 69.0 Å². The van der Waals surface area contributed by atoms with Crippen LogP contribution < -0.4 is 20.7 Å². The monoisotopic (exact) mass is 523 g/mol. The number of aliphatic hydroxyl groups is 1. The molecule has 4 N–H and O–H groups in total. The van der Waals surface area contributed by atoms with Crippen molar-refractivity contribution < 1.29 is 14.6 Å². The molecule has 2 aromatic heterocycles. The largest absolute Gasteiger partial charge is 0.491 e. The molecule has 2 saturated heterocycles. The van der Waals surface area contributed by atoms with Crippen LogP contribution in [0, 0.1) is 0 Å². The van der Waals surface area contributed by atoms with Gasteiger partial charge in [0.25, 0.3) is 0 Å². The number of halogens is 1. The standard InChI is InChI=1S/C26H30ClN7O3/c27-20-13-19(5-6-21(20)37-10-9-33-7-1-2-8-33)29-22-14-23(30-18-3-4-18)34-25(31-22)17(15-28-34)11-16-12-24(35)32-26(16)36/h5-6,11,13-15,18,24,30,35H,1-4,7-10,12H2,(H,29,31)(H,32,36). The predicted molar refractivity (Wildman–Crippen MR) is 142 cm³/mol. The van der Waals surface area contributed by atoms with Gasteiger partial charge in [-0.25, -0.2) is 4.98 Å². The number of aliphatic hydroxyl groups excluding tert-OH is 1. The Balaban J connectivity index is 1.23. The van der Waals surface area contributed by atoms with Crippen molar-refractivity contribution in [2.24, 2.45) is 0 Å². The van der Waals surface area contributed by atoms with Gasteiger partial charge in [-0.3, -0.25) is 9.69 Å². The maximum atomic E-state index is 12.1. The highest BCUT2D eigenvalue weighted by Crippen LogP contribution is 2.32. The third kappa shape index (κ3) is 5.51. The Morgan fingerprint density at radius 2 is 2.08 bits per heavy atom. The van der Waals surface area contributed by atoms with E-state index in [1.807, 2.05) is 24.3 Å². The topological polar surface area (TPSA) is 116 Å². The number of fused-ring (bicyclic) bond motifs is 1. The normalized spacial score (nSPS) is 21.1. The quantitative estimate of drug-likeness (QED) is 0.315. The first-order chi connectivity index (χ1) is 18.0. The number of aromatic nitrogens is 3. The number of rotatable bonds is 9. The minimum Gasteiger partial charge on any atom is -0.491 e. The van der Waals surface area contributed by atoms with Crippen molar-refractivity contribution >= 4 is 46.6 Å². The maximum absolute atomic E-state index is 12.1. The molecule has 3 aromatic rings. The van der Waals surface area contributed by atoms with Gasteiger partial charge in [0.05, 0.1) is 11.2 Å². The van der Waals surface area contributed by atoms with Crippen LogP contribution in [0.15, 0.2) is 36.0 Å². The molecular weight excluding hydrogens is 494 g/mol. The summed E-state index contributed by atoms with van der Waals surface area (Å²) < 4.78 is 7.66. The lowest BCUT2D eigenvalue weighted by Crippen LogP contribution is -2.25. The summed E-state index contributed by atoms with van der Waals surface area (Å²) in [6.45, 7) is 3.79. The number of benzene rings is 1. The maximum Gasteiger partial charge on any atom is 0.249 e. The molecule has 1 aromatic carbocycles. The molecule has 1 aliphatic carbocycles. The Morgan fingerprint density at radius 1 is 1.24 bits per heavy atom. The minimum atomic E-state index is -0.866. The van der Waals surface area contributed by atoms with Crippen molar-refractivity contribution in [2.75, 3.05) is 36.9 Å². The summed E-state index contributed by atoms with van der Waals surface area (Å²) in [4.78, 5) is 19.3. The van der Waals surface area contributed by atoms with Crippen LogP contribution in [-0.2, 0) is 4.79 Å². The van der Waals surface area contributed by atoms with Crippen molar-refractivity contribution in [2.45, 2.75) is 44.4 Å². The van der Waals surface area contributed by atoms with Crippen LogP contribution in [0.3, 0.4) is 0 Å². The molecule has 1 unspecified atom stereocenters. The molecular formula is C26H30ClN7O3. The zero-order valence-corrected chi connectivity index (χ0v) is 21.2. The Bertz CT molecular complexity index is 1350. The summed E-state index contributed by atoms with van der Waals surface area (Å²) in [7, 11) is 0. The summed E-state index contributed by atoms with van der Waals surface area (Å²) in [5.41, 5.74) is 2.57. The van der Waals surface area contributed by atoms with E-state index in [0.717, 1.165) is 44.0 Å². The molecule has 1 saturated carbocycles. The fraction of sp³-hybridized carbons (Fsp3) is 0.423. The fourth-order valence-corrected chi connectivity index (χ4v) is 4.96. The second kappa shape index (κ2) is 10.2. The van der Waals surface area contributed by atoms with Crippen LogP contribution in [0.1, 0.15) is 37.7 Å². The van der Waals surface area contributed by atoms with Crippen molar-refractivity contribution in [1.82, 2.24) is 24.8 Å². The molecule has 1 atom stereocenters. The van der Waals surface area contributed by atoms with Gasteiger partial charge in [-0.05, 0) is 63.0 Å². The van der Waals surface area contributed by atoms with E-state index in [9.17, 15) is 9.90 Å². The van der Waals surface area contributed by atoms with E-state index in [2.05, 4.69) is 25.9 Å². The molecule has 194 valence electrons. The lowest BCUT2D eigenvalue weighted by atomic mass is 10.1. The highest BCUT2D eigenvalue weighted by atomic mass is 35.5. The van der Waals surface area contributed by atoms with Crippen LogP contribution in [0.2, 0.25) is 5.02 Å². The van der Waals surface area contributed by atoms with E-state index < -0.39 is 6.23 Å². The van der Waals surface area contributed by atoms with Crippen LogP contribution in [0.25, 0.3) is 11.7 Å². The van der Waals surface area contributed by atoms with E-state index in [1.54, 1.807) is 16.8 Å². The number of hydrogen-bond donors (Lipinski definition) is 4. The van der Waals surface area contributed by atoms with E-state index >= 15 is 0 Å². The first kappa shape index (κ1) is 24.0. The molecule has 3 aliphatic rings. The second-order valence-electron chi connectivity index (χ2n) is 9.81. The van der Waals surface area contributed by atoms with Gasteiger partial charge in [0.15, 0.2) is 5.65 Å². The first-order valence-electron chi connectivity index (χ1n) is 12.8. The number of anilines is 3. The Morgan fingerprint density at radius 3 is 2.81 bits per heavy atom. The molecule has 1 amide bonds. The smallest absolute Gasteiger partial charge is 0.249 e. The van der Waals surface area contributed by atoms with Crippen LogP contribution in [0.4, 0.5) is 17.3 Å². The van der Waals surface area contributed by atoms with Gasteiger partial charge in [0.1, 0.15) is 30.2 Å². The average Bonchev–Trinajstić information content (AvgIpc) is 3.22. The summed E-state index contributed by atoms with van der Waals surface area (Å²) in [5, 5.41) is 24.1. The molecule has 11 heteroatoms. The van der Waals surface area contributed by atoms with Crippen LogP contribution in [0.5, 0.6) is 5.75 Å². The van der Waals surface area contributed by atoms with Gasteiger partial charge in [0.2, 0.25) is 5.91 Å². The van der Waals surface area contributed by atoms with Gasteiger partial charge < -0.3 is 25.8 Å². The number of nitrogens with one attached hydrogen (secondary N) is 3. The first-order valence-corrected chi connectivity index (χ1v) is 13.2. The summed E-state index contributed by atoms with van der Waals surface area (Å²) in [6.07, 6.45) is 7.53. The average molecular weight is 524 g/mol. The number of ether oxygens (including phenoxy) is 1. The van der Waals surface area contributed by atoms with Gasteiger partial charge in [0, 0.05) is 41.9 Å². The van der Waals surface area contributed by atoms with Crippen LogP contribution >= 0.6 is 11.6 Å². The zero-order valence-electron chi connectivity index (χ0n) is 20.4. The SMILES string of the molecule is O=C1NC(O)CC1=Cc1cnn2c(NC3CC3)cc(Nc3ccc(OCCN4CCCC4)c(Cl)c3)nc12.